The lowest BCUT2D eigenvalue weighted by Crippen LogP contribution is -2.01. The molecule has 1 heterocycles. The predicted octanol–water partition coefficient (Wildman–Crippen LogP) is 1.62. The van der Waals surface area contributed by atoms with Crippen LogP contribution in [-0.2, 0) is 6.54 Å². The number of aromatic nitrogens is 1. The minimum atomic E-state index is 0.521. The molecule has 10 heavy (non-hydrogen) atoms. The van der Waals surface area contributed by atoms with Gasteiger partial charge in [-0.1, -0.05) is 17.7 Å². The van der Waals surface area contributed by atoms with Gasteiger partial charge in [0.2, 0.25) is 0 Å². The molecule has 0 atom stereocenters. The van der Waals surface area contributed by atoms with Gasteiger partial charge in [-0.25, -0.2) is 4.98 Å². The molecular weight excluding hydrogens is 148 g/mol. The summed E-state index contributed by atoms with van der Waals surface area (Å²) in [6.07, 6.45) is 1.72. The van der Waals surface area contributed by atoms with Gasteiger partial charge in [-0.2, -0.15) is 0 Å². The molecule has 0 bridgehead atoms. The van der Waals surface area contributed by atoms with Crippen molar-refractivity contribution in [3.63, 3.8) is 0 Å². The predicted molar refractivity (Wildman–Crippen MR) is 41.4 cm³/mol. The lowest BCUT2D eigenvalue weighted by atomic mass is 10.3. The Bertz CT molecular complexity index is 195. The van der Waals surface area contributed by atoms with E-state index >= 15 is 0 Å². The zero-order chi connectivity index (χ0) is 7.40. The van der Waals surface area contributed by atoms with Gasteiger partial charge in [0.25, 0.3) is 0 Å². The van der Waals surface area contributed by atoms with E-state index in [4.69, 9.17) is 11.6 Å². The first-order valence-corrected chi connectivity index (χ1v) is 3.31. The Morgan fingerprint density at radius 2 is 2.40 bits per heavy atom. The molecule has 1 aromatic rings. The van der Waals surface area contributed by atoms with E-state index in [0.717, 1.165) is 12.1 Å². The smallest absolute Gasteiger partial charge is 0.129 e. The largest absolute Gasteiger partial charge is 0.311 e. The molecule has 1 radical (unpaired) electrons. The minimum Gasteiger partial charge on any atom is -0.311 e. The first-order valence-electron chi connectivity index (χ1n) is 2.93. The summed E-state index contributed by atoms with van der Waals surface area (Å²) < 4.78 is 0. The van der Waals surface area contributed by atoms with Crippen LogP contribution >= 0.6 is 11.6 Å². The molecule has 3 heteroatoms. The Labute approximate surface area is 65.2 Å². The summed E-state index contributed by atoms with van der Waals surface area (Å²) in [6.45, 7) is 0.726. The average molecular weight is 156 g/mol. The van der Waals surface area contributed by atoms with Crippen LogP contribution in [0.1, 0.15) is 5.56 Å². The topological polar surface area (TPSA) is 24.9 Å². The van der Waals surface area contributed by atoms with Crippen LogP contribution in [0, 0.1) is 7.05 Å². The van der Waals surface area contributed by atoms with E-state index in [0.29, 0.717) is 5.15 Å². The fourth-order valence-electron chi connectivity index (χ4n) is 0.655. The molecule has 0 saturated heterocycles. The number of halogens is 1. The Balaban J connectivity index is 2.69. The molecule has 0 saturated carbocycles. The van der Waals surface area contributed by atoms with Crippen LogP contribution < -0.4 is 5.32 Å². The van der Waals surface area contributed by atoms with Crippen LogP contribution in [0.2, 0.25) is 5.15 Å². The Morgan fingerprint density at radius 3 is 2.90 bits per heavy atom. The molecule has 1 aromatic heterocycles. The van der Waals surface area contributed by atoms with Crippen LogP contribution in [-0.4, -0.2) is 4.98 Å². The SMILES string of the molecule is [CH2]NCc1ccc(Cl)nc1. The summed E-state index contributed by atoms with van der Waals surface area (Å²) in [5, 5.41) is 3.29. The number of hydrogen-bond acceptors (Lipinski definition) is 2. The third kappa shape index (κ3) is 1.97. The average Bonchev–Trinajstić information content (AvgIpc) is 1.95. The van der Waals surface area contributed by atoms with E-state index < -0.39 is 0 Å². The van der Waals surface area contributed by atoms with Crippen molar-refractivity contribution in [1.82, 2.24) is 10.3 Å². The van der Waals surface area contributed by atoms with Gasteiger partial charge in [0, 0.05) is 19.8 Å². The number of pyridine rings is 1. The van der Waals surface area contributed by atoms with E-state index in [1.165, 1.54) is 0 Å². The zero-order valence-electron chi connectivity index (χ0n) is 5.47. The van der Waals surface area contributed by atoms with Crippen LogP contribution in [0.3, 0.4) is 0 Å². The maximum absolute atomic E-state index is 5.56. The monoisotopic (exact) mass is 155 g/mol. The first-order chi connectivity index (χ1) is 4.83. The van der Waals surface area contributed by atoms with Crippen LogP contribution in [0.4, 0.5) is 0 Å². The standard InChI is InChI=1S/C7H8ClN2/c1-9-4-6-2-3-7(8)10-5-6/h2-3,5,9H,1,4H2. The molecule has 0 aromatic carbocycles. The quantitative estimate of drug-likeness (QED) is 0.657. The van der Waals surface area contributed by atoms with Crippen molar-refractivity contribution in [3.8, 4) is 0 Å². The molecule has 0 aliphatic carbocycles. The summed E-state index contributed by atoms with van der Waals surface area (Å²) in [4.78, 5) is 3.90. The second kappa shape index (κ2) is 3.54. The Kier molecular flexibility index (Phi) is 2.66. The molecule has 53 valence electrons. The third-order valence-electron chi connectivity index (χ3n) is 1.12. The van der Waals surface area contributed by atoms with Crippen LogP contribution in [0.5, 0.6) is 0 Å². The highest BCUT2D eigenvalue weighted by Gasteiger charge is 1.89. The number of nitrogens with zero attached hydrogens (tertiary/aromatic N) is 1. The minimum absolute atomic E-state index is 0.521. The van der Waals surface area contributed by atoms with E-state index in [1.54, 1.807) is 12.3 Å². The summed E-state index contributed by atoms with van der Waals surface area (Å²) in [7, 11) is 3.49. The van der Waals surface area contributed by atoms with Crippen molar-refractivity contribution in [2.24, 2.45) is 0 Å². The second-order valence-electron chi connectivity index (χ2n) is 1.92. The van der Waals surface area contributed by atoms with Crippen LogP contribution in [0.25, 0.3) is 0 Å². The van der Waals surface area contributed by atoms with Crippen molar-refractivity contribution in [3.05, 3.63) is 36.1 Å². The molecule has 0 spiro atoms. The van der Waals surface area contributed by atoms with Gasteiger partial charge in [-0.15, -0.1) is 0 Å². The summed E-state index contributed by atoms with van der Waals surface area (Å²) >= 11 is 5.56. The Morgan fingerprint density at radius 1 is 1.60 bits per heavy atom. The highest BCUT2D eigenvalue weighted by atomic mass is 35.5. The summed E-state index contributed by atoms with van der Waals surface area (Å²) in [6, 6.07) is 3.67. The zero-order valence-corrected chi connectivity index (χ0v) is 6.23. The highest BCUT2D eigenvalue weighted by Crippen LogP contribution is 2.04. The molecule has 0 aliphatic heterocycles. The fraction of sp³-hybridized carbons (Fsp3) is 0.143. The van der Waals surface area contributed by atoms with E-state index in [2.05, 4.69) is 17.3 Å². The van der Waals surface area contributed by atoms with E-state index in [1.807, 2.05) is 6.07 Å². The van der Waals surface area contributed by atoms with Crippen molar-refractivity contribution in [1.29, 1.82) is 0 Å². The molecule has 1 N–H and O–H groups in total. The van der Waals surface area contributed by atoms with Gasteiger partial charge in [0.05, 0.1) is 0 Å². The van der Waals surface area contributed by atoms with Crippen molar-refractivity contribution in [2.75, 3.05) is 0 Å². The van der Waals surface area contributed by atoms with Crippen molar-refractivity contribution < 1.29 is 0 Å². The van der Waals surface area contributed by atoms with Gasteiger partial charge >= 0.3 is 0 Å². The summed E-state index contributed by atoms with van der Waals surface area (Å²) in [5.41, 5.74) is 1.08. The van der Waals surface area contributed by atoms with Gasteiger partial charge < -0.3 is 5.32 Å². The third-order valence-corrected chi connectivity index (χ3v) is 1.34. The maximum Gasteiger partial charge on any atom is 0.129 e. The van der Waals surface area contributed by atoms with Gasteiger partial charge in [-0.3, -0.25) is 0 Å². The molecule has 0 unspecified atom stereocenters. The van der Waals surface area contributed by atoms with Crippen molar-refractivity contribution >= 4 is 11.6 Å². The molecular formula is C7H8ClN2. The van der Waals surface area contributed by atoms with E-state index in [9.17, 15) is 0 Å². The molecule has 0 fully saturated rings. The maximum atomic E-state index is 5.56. The number of nitrogens with one attached hydrogen (secondary N) is 1. The lowest BCUT2D eigenvalue weighted by molar-refractivity contribution is 0.860. The van der Waals surface area contributed by atoms with Gasteiger partial charge in [-0.05, 0) is 11.6 Å². The number of hydrogen-bond donors (Lipinski definition) is 1. The molecule has 2 nitrogen and oxygen atoms in total. The van der Waals surface area contributed by atoms with Gasteiger partial charge in [0.15, 0.2) is 0 Å². The van der Waals surface area contributed by atoms with Crippen LogP contribution in [0.15, 0.2) is 18.3 Å². The Hall–Kier alpha value is -0.600. The lowest BCUT2D eigenvalue weighted by Gasteiger charge is -1.96. The van der Waals surface area contributed by atoms with Crippen molar-refractivity contribution in [2.45, 2.75) is 6.54 Å². The second-order valence-corrected chi connectivity index (χ2v) is 2.30. The summed E-state index contributed by atoms with van der Waals surface area (Å²) in [5.74, 6) is 0. The molecule has 1 rings (SSSR count). The first kappa shape index (κ1) is 7.51. The molecule has 0 amide bonds. The fourth-order valence-corrected chi connectivity index (χ4v) is 0.767. The number of rotatable bonds is 2. The highest BCUT2D eigenvalue weighted by molar-refractivity contribution is 6.29. The van der Waals surface area contributed by atoms with E-state index in [-0.39, 0.29) is 0 Å². The normalized spacial score (nSPS) is 9.80. The molecule has 0 aliphatic rings. The van der Waals surface area contributed by atoms with Gasteiger partial charge in [0.1, 0.15) is 5.15 Å².